The zero-order chi connectivity index (χ0) is 11.1. The highest BCUT2D eigenvalue weighted by Crippen LogP contribution is 2.12. The molecule has 1 rings (SSSR count). The van der Waals surface area contributed by atoms with E-state index >= 15 is 0 Å². The number of hydrogen-bond acceptors (Lipinski definition) is 4. The lowest BCUT2D eigenvalue weighted by atomic mass is 10.4. The van der Waals surface area contributed by atoms with Crippen LogP contribution in [0.4, 0.5) is 0 Å². The average Bonchev–Trinajstić information content (AvgIpc) is 2.76. The molecule has 0 aliphatic carbocycles. The van der Waals surface area contributed by atoms with Crippen LogP contribution in [0, 0.1) is 0 Å². The van der Waals surface area contributed by atoms with E-state index < -0.39 is 0 Å². The molecule has 0 saturated carbocycles. The average molecular weight is 229 g/mol. The van der Waals surface area contributed by atoms with E-state index in [1.165, 1.54) is 4.88 Å². The summed E-state index contributed by atoms with van der Waals surface area (Å²) in [6, 6.07) is 4.24. The first-order chi connectivity index (χ1) is 7.30. The fraction of sp³-hybridized carbons (Fsp3) is 0.636. The van der Waals surface area contributed by atoms with Crippen molar-refractivity contribution in [1.29, 1.82) is 0 Å². The molecule has 4 heteroatoms. The van der Waals surface area contributed by atoms with Crippen LogP contribution in [0.3, 0.4) is 0 Å². The molecule has 0 atom stereocenters. The topological polar surface area (TPSA) is 21.7 Å². The van der Waals surface area contributed by atoms with Crippen molar-refractivity contribution in [3.63, 3.8) is 0 Å². The summed E-state index contributed by atoms with van der Waals surface area (Å²) in [7, 11) is 3.35. The molecule has 0 unspecified atom stereocenters. The van der Waals surface area contributed by atoms with E-state index in [2.05, 4.69) is 29.3 Å². The molecule has 0 fully saturated rings. The second kappa shape index (κ2) is 6.95. The summed E-state index contributed by atoms with van der Waals surface area (Å²) in [6.07, 6.45) is -0.134. The van der Waals surface area contributed by atoms with Gasteiger partial charge in [-0.05, 0) is 18.0 Å². The Morgan fingerprint density at radius 1 is 1.40 bits per heavy atom. The van der Waals surface area contributed by atoms with Gasteiger partial charge >= 0.3 is 0 Å². The van der Waals surface area contributed by atoms with Crippen LogP contribution in [-0.2, 0) is 16.0 Å². The van der Waals surface area contributed by atoms with E-state index in [4.69, 9.17) is 9.47 Å². The molecule has 15 heavy (non-hydrogen) atoms. The molecule has 0 aliphatic heterocycles. The van der Waals surface area contributed by atoms with E-state index in [1.807, 2.05) is 0 Å². The normalized spacial score (nSPS) is 11.5. The molecule has 3 nitrogen and oxygen atoms in total. The quantitative estimate of drug-likeness (QED) is 0.669. The van der Waals surface area contributed by atoms with Gasteiger partial charge in [-0.3, -0.25) is 4.90 Å². The van der Waals surface area contributed by atoms with Gasteiger partial charge in [0.1, 0.15) is 0 Å². The predicted molar refractivity (Wildman–Crippen MR) is 63.1 cm³/mol. The molecule has 0 amide bonds. The molecule has 1 heterocycles. The molecule has 1 aromatic rings. The van der Waals surface area contributed by atoms with Crippen molar-refractivity contribution in [3.05, 3.63) is 22.4 Å². The van der Waals surface area contributed by atoms with Gasteiger partial charge in [0.15, 0.2) is 6.29 Å². The minimum Gasteiger partial charge on any atom is -0.355 e. The number of rotatable bonds is 7. The fourth-order valence-electron chi connectivity index (χ4n) is 1.38. The lowest BCUT2D eigenvalue weighted by molar-refractivity contribution is -0.116. The third-order valence-electron chi connectivity index (χ3n) is 2.34. The number of ether oxygens (including phenoxy) is 2. The molecular weight excluding hydrogens is 210 g/mol. The highest BCUT2D eigenvalue weighted by Gasteiger charge is 2.11. The molecule has 0 radical (unpaired) electrons. The molecule has 1 aromatic heterocycles. The van der Waals surface area contributed by atoms with Gasteiger partial charge < -0.3 is 9.47 Å². The molecule has 0 aliphatic rings. The second-order valence-electron chi connectivity index (χ2n) is 3.31. The van der Waals surface area contributed by atoms with Crippen LogP contribution in [-0.4, -0.2) is 38.5 Å². The van der Waals surface area contributed by atoms with Gasteiger partial charge in [0.25, 0.3) is 0 Å². The number of likely N-dealkylation sites (N-methyl/N-ethyl adjacent to an activating group) is 1. The Morgan fingerprint density at radius 3 is 2.60 bits per heavy atom. The fourth-order valence-corrected chi connectivity index (χ4v) is 2.13. The van der Waals surface area contributed by atoms with Crippen LogP contribution in [0.1, 0.15) is 11.8 Å². The van der Waals surface area contributed by atoms with Crippen molar-refractivity contribution >= 4 is 11.3 Å². The van der Waals surface area contributed by atoms with Crippen molar-refractivity contribution < 1.29 is 9.47 Å². The Balaban J connectivity index is 2.42. The number of nitrogens with zero attached hydrogens (tertiary/aromatic N) is 1. The highest BCUT2D eigenvalue weighted by atomic mass is 32.1. The van der Waals surface area contributed by atoms with Crippen LogP contribution in [0.15, 0.2) is 17.5 Å². The molecule has 0 aromatic carbocycles. The van der Waals surface area contributed by atoms with Crippen LogP contribution in [0.2, 0.25) is 0 Å². The van der Waals surface area contributed by atoms with Crippen molar-refractivity contribution in [1.82, 2.24) is 4.90 Å². The van der Waals surface area contributed by atoms with Crippen molar-refractivity contribution in [3.8, 4) is 0 Å². The maximum Gasteiger partial charge on any atom is 0.169 e. The lowest BCUT2D eigenvalue weighted by Gasteiger charge is -2.24. The van der Waals surface area contributed by atoms with E-state index in [-0.39, 0.29) is 6.29 Å². The zero-order valence-corrected chi connectivity index (χ0v) is 10.4. The summed E-state index contributed by atoms with van der Waals surface area (Å²) in [5, 5.41) is 2.10. The van der Waals surface area contributed by atoms with Crippen LogP contribution >= 0.6 is 11.3 Å². The van der Waals surface area contributed by atoms with Gasteiger partial charge in [0.05, 0.1) is 0 Å². The minimum atomic E-state index is -0.134. The lowest BCUT2D eigenvalue weighted by Crippen LogP contribution is -2.33. The molecular formula is C11H19NO2S. The Hall–Kier alpha value is -0.420. The SMILES string of the molecule is CCN(Cc1cccs1)CC(OC)OC. The summed E-state index contributed by atoms with van der Waals surface area (Å²) in [5.74, 6) is 0. The summed E-state index contributed by atoms with van der Waals surface area (Å²) >= 11 is 1.79. The number of hydrogen-bond donors (Lipinski definition) is 0. The second-order valence-corrected chi connectivity index (χ2v) is 4.34. The molecule has 0 saturated heterocycles. The predicted octanol–water partition coefficient (Wildman–Crippen LogP) is 2.19. The van der Waals surface area contributed by atoms with Crippen LogP contribution in [0.5, 0.6) is 0 Å². The Morgan fingerprint density at radius 2 is 2.13 bits per heavy atom. The smallest absolute Gasteiger partial charge is 0.169 e. The zero-order valence-electron chi connectivity index (χ0n) is 9.60. The maximum absolute atomic E-state index is 5.19. The summed E-state index contributed by atoms with van der Waals surface area (Å²) in [4.78, 5) is 3.69. The monoisotopic (exact) mass is 229 g/mol. The summed E-state index contributed by atoms with van der Waals surface area (Å²) in [6.45, 7) is 4.93. The van der Waals surface area contributed by atoms with Crippen molar-refractivity contribution in [2.45, 2.75) is 19.8 Å². The minimum absolute atomic E-state index is 0.134. The van der Waals surface area contributed by atoms with Crippen molar-refractivity contribution in [2.75, 3.05) is 27.3 Å². The van der Waals surface area contributed by atoms with Crippen molar-refractivity contribution in [2.24, 2.45) is 0 Å². The first-order valence-electron chi connectivity index (χ1n) is 5.10. The Kier molecular flexibility index (Phi) is 5.86. The van der Waals surface area contributed by atoms with Crippen LogP contribution in [0.25, 0.3) is 0 Å². The highest BCUT2D eigenvalue weighted by molar-refractivity contribution is 7.09. The third-order valence-corrected chi connectivity index (χ3v) is 3.20. The number of methoxy groups -OCH3 is 2. The standard InChI is InChI=1S/C11H19NO2S/c1-4-12(9-11(13-2)14-3)8-10-6-5-7-15-10/h5-7,11H,4,8-9H2,1-3H3. The van der Waals surface area contributed by atoms with Gasteiger partial charge in [-0.2, -0.15) is 0 Å². The Bertz CT molecular complexity index is 247. The van der Waals surface area contributed by atoms with E-state index in [0.717, 1.165) is 19.6 Å². The molecule has 86 valence electrons. The maximum atomic E-state index is 5.19. The molecule has 0 N–H and O–H groups in total. The van der Waals surface area contributed by atoms with Gasteiger partial charge in [0, 0.05) is 32.2 Å². The summed E-state index contributed by atoms with van der Waals surface area (Å²) < 4.78 is 10.4. The largest absolute Gasteiger partial charge is 0.355 e. The van der Waals surface area contributed by atoms with Gasteiger partial charge in [-0.15, -0.1) is 11.3 Å². The molecule has 0 spiro atoms. The first-order valence-corrected chi connectivity index (χ1v) is 5.98. The van der Waals surface area contributed by atoms with E-state index in [0.29, 0.717) is 0 Å². The third kappa shape index (κ3) is 4.30. The first kappa shape index (κ1) is 12.6. The Labute approximate surface area is 95.6 Å². The van der Waals surface area contributed by atoms with Gasteiger partial charge in [-0.1, -0.05) is 13.0 Å². The van der Waals surface area contributed by atoms with E-state index in [9.17, 15) is 0 Å². The van der Waals surface area contributed by atoms with Crippen LogP contribution < -0.4 is 0 Å². The van der Waals surface area contributed by atoms with E-state index in [1.54, 1.807) is 25.6 Å². The molecule has 0 bridgehead atoms. The van der Waals surface area contributed by atoms with Gasteiger partial charge in [0.2, 0.25) is 0 Å². The number of thiophene rings is 1. The summed E-state index contributed by atoms with van der Waals surface area (Å²) in [5.41, 5.74) is 0. The van der Waals surface area contributed by atoms with Gasteiger partial charge in [-0.25, -0.2) is 0 Å².